The van der Waals surface area contributed by atoms with Crippen LogP contribution in [0.4, 0.5) is 0 Å². The fraction of sp³-hybridized carbons (Fsp3) is 1.00. The van der Waals surface area contributed by atoms with Gasteiger partial charge >= 0.3 is 34.2 Å². The summed E-state index contributed by atoms with van der Waals surface area (Å²) in [6, 6.07) is 0. The van der Waals surface area contributed by atoms with Crippen LogP contribution in [0.5, 0.6) is 0 Å². The summed E-state index contributed by atoms with van der Waals surface area (Å²) in [6.07, 6.45) is 0. The van der Waals surface area contributed by atoms with Crippen molar-refractivity contribution < 1.29 is 20.6 Å². The molecule has 0 saturated heterocycles. The van der Waals surface area contributed by atoms with E-state index in [9.17, 15) is 0 Å². The second-order valence-electron chi connectivity index (χ2n) is 7.28. The van der Waals surface area contributed by atoms with Crippen LogP contribution in [0.2, 0.25) is 65.5 Å². The van der Waals surface area contributed by atoms with Gasteiger partial charge in [0, 0.05) is 0 Å². The Labute approximate surface area is 139 Å². The molecule has 0 aromatic carbocycles. The van der Waals surface area contributed by atoms with Crippen molar-refractivity contribution in [2.45, 2.75) is 65.5 Å². The number of hydrogen-bond acceptors (Lipinski definition) is 5. The quantitative estimate of drug-likeness (QED) is 0.553. The molecule has 0 bridgehead atoms. The molecular weight excluding hydrogens is 369 g/mol. The minimum absolute atomic E-state index is 0.699. The molecule has 5 nitrogen and oxygen atoms in total. The molecule has 0 radical (unpaired) electrons. The van der Waals surface area contributed by atoms with Crippen molar-refractivity contribution in [1.82, 2.24) is 0 Å². The van der Waals surface area contributed by atoms with Crippen LogP contribution in [0.3, 0.4) is 0 Å². The molecule has 0 aliphatic rings. The standard InChI is InChI=1S/C10H34O5Si6/c1-17(2)12-19(5,6)14-21(9,10)15-20(7,8)13-18(3,4)11-16/h17H,1-10,16H3. The number of rotatable bonds is 9. The normalized spacial score (nSPS) is 15.0. The molecule has 0 saturated carbocycles. The van der Waals surface area contributed by atoms with Gasteiger partial charge in [-0.15, -0.1) is 0 Å². The van der Waals surface area contributed by atoms with Gasteiger partial charge in [-0.1, -0.05) is 0 Å². The zero-order chi connectivity index (χ0) is 17.1. The van der Waals surface area contributed by atoms with Crippen molar-refractivity contribution in [2.24, 2.45) is 0 Å². The molecule has 0 unspecified atom stereocenters. The summed E-state index contributed by atoms with van der Waals surface area (Å²) in [4.78, 5) is 0. The Morgan fingerprint density at radius 3 is 1.29 bits per heavy atom. The summed E-state index contributed by atoms with van der Waals surface area (Å²) in [5, 5.41) is 0. The van der Waals surface area contributed by atoms with Crippen molar-refractivity contribution in [3.8, 4) is 0 Å². The first-order chi connectivity index (χ1) is 9.10. The molecule has 0 fully saturated rings. The van der Waals surface area contributed by atoms with E-state index in [2.05, 4.69) is 65.5 Å². The monoisotopic (exact) mass is 402 g/mol. The van der Waals surface area contributed by atoms with Crippen LogP contribution >= 0.6 is 0 Å². The minimum atomic E-state index is -2.28. The largest absolute Gasteiger partial charge is 0.445 e. The van der Waals surface area contributed by atoms with E-state index in [1.807, 2.05) is 0 Å². The highest BCUT2D eigenvalue weighted by Gasteiger charge is 2.44. The van der Waals surface area contributed by atoms with E-state index in [1.54, 1.807) is 0 Å². The molecule has 21 heavy (non-hydrogen) atoms. The molecule has 0 rings (SSSR count). The maximum atomic E-state index is 6.35. The lowest BCUT2D eigenvalue weighted by Gasteiger charge is -2.40. The van der Waals surface area contributed by atoms with E-state index in [0.717, 1.165) is 0 Å². The predicted molar refractivity (Wildman–Crippen MR) is 104 cm³/mol. The van der Waals surface area contributed by atoms with Gasteiger partial charge in [-0.3, -0.25) is 0 Å². The molecule has 0 aromatic heterocycles. The van der Waals surface area contributed by atoms with Crippen LogP contribution in [0.25, 0.3) is 0 Å². The van der Waals surface area contributed by atoms with Gasteiger partial charge in [0.1, 0.15) is 10.5 Å². The summed E-state index contributed by atoms with van der Waals surface area (Å²) >= 11 is 0. The van der Waals surface area contributed by atoms with Gasteiger partial charge in [0.25, 0.3) is 0 Å². The highest BCUT2D eigenvalue weighted by atomic mass is 28.5. The van der Waals surface area contributed by atoms with Gasteiger partial charge in [0.05, 0.1) is 0 Å². The Hall–Kier alpha value is 1.10. The molecule has 0 aliphatic heterocycles. The van der Waals surface area contributed by atoms with Gasteiger partial charge in [0.15, 0.2) is 9.04 Å². The number of hydrogen-bond donors (Lipinski definition) is 0. The Morgan fingerprint density at radius 1 is 0.619 bits per heavy atom. The zero-order valence-corrected chi connectivity index (χ0v) is 22.8. The van der Waals surface area contributed by atoms with E-state index in [-0.39, 0.29) is 0 Å². The van der Waals surface area contributed by atoms with Crippen LogP contribution in [0, 0.1) is 0 Å². The first-order valence-corrected chi connectivity index (χ1v) is 22.3. The first-order valence-electron chi connectivity index (χ1n) is 7.43. The van der Waals surface area contributed by atoms with Crippen LogP contribution in [-0.2, 0) is 20.6 Å². The molecule has 0 aliphatic carbocycles. The summed E-state index contributed by atoms with van der Waals surface area (Å²) in [7, 11) is -9.11. The molecule has 0 heterocycles. The molecule has 0 atom stereocenters. The van der Waals surface area contributed by atoms with Crippen molar-refractivity contribution in [2.75, 3.05) is 0 Å². The maximum Gasteiger partial charge on any atom is 0.314 e. The van der Waals surface area contributed by atoms with Crippen LogP contribution in [-0.4, -0.2) is 53.8 Å². The van der Waals surface area contributed by atoms with E-state index < -0.39 is 43.3 Å². The smallest absolute Gasteiger partial charge is 0.314 e. The van der Waals surface area contributed by atoms with Crippen molar-refractivity contribution in [1.29, 1.82) is 0 Å². The van der Waals surface area contributed by atoms with Crippen molar-refractivity contribution in [3.05, 3.63) is 0 Å². The third kappa shape index (κ3) is 10.5. The van der Waals surface area contributed by atoms with Gasteiger partial charge in [-0.25, -0.2) is 0 Å². The molecule has 0 N–H and O–H groups in total. The second kappa shape index (κ2) is 7.78. The van der Waals surface area contributed by atoms with E-state index in [1.165, 1.54) is 0 Å². The van der Waals surface area contributed by atoms with Crippen LogP contribution in [0.15, 0.2) is 0 Å². The summed E-state index contributed by atoms with van der Waals surface area (Å²) < 4.78 is 30.6. The van der Waals surface area contributed by atoms with Gasteiger partial charge in [-0.2, -0.15) is 0 Å². The summed E-state index contributed by atoms with van der Waals surface area (Å²) in [5.41, 5.74) is 0. The minimum Gasteiger partial charge on any atom is -0.445 e. The topological polar surface area (TPSA) is 46.2 Å². The fourth-order valence-electron chi connectivity index (χ4n) is 2.45. The SMILES string of the molecule is C[SiH](C)O[Si](C)(C)O[Si](C)(C)O[Si](C)(C)O[Si](C)(C)O[SiH3]. The summed E-state index contributed by atoms with van der Waals surface area (Å²) in [5.74, 6) is 0. The average Bonchev–Trinajstić information content (AvgIpc) is 2.08. The van der Waals surface area contributed by atoms with E-state index >= 15 is 0 Å². The predicted octanol–water partition coefficient (Wildman–Crippen LogP) is 2.14. The third-order valence-electron chi connectivity index (χ3n) is 2.49. The van der Waals surface area contributed by atoms with Gasteiger partial charge < -0.3 is 20.6 Å². The Morgan fingerprint density at radius 2 is 0.952 bits per heavy atom. The highest BCUT2D eigenvalue weighted by molar-refractivity contribution is 6.88. The molecular formula is C10H34O5Si6. The highest BCUT2D eigenvalue weighted by Crippen LogP contribution is 2.24. The van der Waals surface area contributed by atoms with Crippen molar-refractivity contribution in [3.63, 3.8) is 0 Å². The van der Waals surface area contributed by atoms with E-state index in [0.29, 0.717) is 10.5 Å². The molecule has 0 spiro atoms. The van der Waals surface area contributed by atoms with Crippen molar-refractivity contribution >= 4 is 53.8 Å². The van der Waals surface area contributed by atoms with Gasteiger partial charge in [0.2, 0.25) is 0 Å². The zero-order valence-electron chi connectivity index (χ0n) is 15.6. The Kier molecular flexibility index (Phi) is 8.19. The van der Waals surface area contributed by atoms with E-state index in [4.69, 9.17) is 20.6 Å². The summed E-state index contributed by atoms with van der Waals surface area (Å²) in [6.45, 7) is 21.0. The average molecular weight is 403 g/mol. The fourth-order valence-corrected chi connectivity index (χ4v) is 24.0. The maximum absolute atomic E-state index is 6.35. The van der Waals surface area contributed by atoms with Gasteiger partial charge in [-0.05, 0) is 65.5 Å². The lowest BCUT2D eigenvalue weighted by molar-refractivity contribution is 0.287. The second-order valence-corrected chi connectivity index (χ2v) is 25.6. The van der Waals surface area contributed by atoms with Crippen LogP contribution in [0.1, 0.15) is 0 Å². The lowest BCUT2D eigenvalue weighted by atomic mass is 11.9. The Balaban J connectivity index is 4.79. The molecule has 0 amide bonds. The lowest BCUT2D eigenvalue weighted by Crippen LogP contribution is -2.57. The Bertz CT molecular complexity index is 334. The van der Waals surface area contributed by atoms with Crippen LogP contribution < -0.4 is 0 Å². The molecule has 11 heteroatoms. The molecule has 128 valence electrons. The third-order valence-corrected chi connectivity index (χ3v) is 22.4. The molecule has 0 aromatic rings. The first kappa shape index (κ1) is 22.1.